The maximum atomic E-state index is 5.82. The molecule has 2 atom stereocenters. The van der Waals surface area contributed by atoms with Gasteiger partial charge in [-0.25, -0.2) is 0 Å². The van der Waals surface area contributed by atoms with E-state index in [9.17, 15) is 0 Å². The summed E-state index contributed by atoms with van der Waals surface area (Å²) < 4.78 is 5.82. The van der Waals surface area contributed by atoms with E-state index in [4.69, 9.17) is 4.74 Å². The van der Waals surface area contributed by atoms with Gasteiger partial charge in [0.2, 0.25) is 0 Å². The molecule has 0 radical (unpaired) electrons. The highest BCUT2D eigenvalue weighted by Gasteiger charge is 2.22. The zero-order valence-electron chi connectivity index (χ0n) is 12.2. The second-order valence-electron chi connectivity index (χ2n) is 5.47. The monoisotopic (exact) mass is 263 g/mol. The van der Waals surface area contributed by atoms with Gasteiger partial charge in [0.1, 0.15) is 0 Å². The number of aromatic nitrogens is 1. The van der Waals surface area contributed by atoms with Crippen LogP contribution in [0.3, 0.4) is 0 Å². The molecule has 0 spiro atoms. The van der Waals surface area contributed by atoms with Crippen molar-refractivity contribution in [1.82, 2.24) is 15.2 Å². The maximum Gasteiger partial charge on any atom is 0.0827 e. The Hall–Kier alpha value is -0.970. The zero-order valence-corrected chi connectivity index (χ0v) is 12.2. The van der Waals surface area contributed by atoms with Crippen LogP contribution in [0.15, 0.2) is 24.4 Å². The molecular formula is C15H25N3O. The summed E-state index contributed by atoms with van der Waals surface area (Å²) in [6, 6.07) is 6.89. The molecular weight excluding hydrogens is 238 g/mol. The van der Waals surface area contributed by atoms with Gasteiger partial charge in [-0.3, -0.25) is 9.88 Å². The Kier molecular flexibility index (Phi) is 5.31. The third kappa shape index (κ3) is 4.27. The molecule has 2 heterocycles. The highest BCUT2D eigenvalue weighted by Crippen LogP contribution is 2.11. The van der Waals surface area contributed by atoms with Gasteiger partial charge in [-0.05, 0) is 32.9 Å². The van der Waals surface area contributed by atoms with Gasteiger partial charge in [-0.15, -0.1) is 0 Å². The smallest absolute Gasteiger partial charge is 0.0827 e. The predicted octanol–water partition coefficient (Wildman–Crippen LogP) is 1.84. The van der Waals surface area contributed by atoms with Crippen LogP contribution in [0.5, 0.6) is 0 Å². The number of morpholine rings is 1. The van der Waals surface area contributed by atoms with Crippen molar-refractivity contribution in [2.75, 3.05) is 26.2 Å². The normalized spacial score (nSPS) is 22.6. The molecule has 0 amide bonds. The third-order valence-corrected chi connectivity index (χ3v) is 3.68. The minimum Gasteiger partial charge on any atom is -0.374 e. The highest BCUT2D eigenvalue weighted by atomic mass is 16.5. The molecule has 19 heavy (non-hydrogen) atoms. The van der Waals surface area contributed by atoms with Crippen LogP contribution in [-0.2, 0) is 4.74 Å². The van der Waals surface area contributed by atoms with Crippen LogP contribution in [0.4, 0.5) is 0 Å². The molecule has 1 aromatic heterocycles. The zero-order chi connectivity index (χ0) is 13.7. The summed E-state index contributed by atoms with van der Waals surface area (Å²) in [5, 5.41) is 3.51. The van der Waals surface area contributed by atoms with Gasteiger partial charge in [0.25, 0.3) is 0 Å². The van der Waals surface area contributed by atoms with Crippen LogP contribution in [0, 0.1) is 0 Å². The van der Waals surface area contributed by atoms with E-state index >= 15 is 0 Å². The number of nitrogens with zero attached hydrogens (tertiary/aromatic N) is 2. The maximum absolute atomic E-state index is 5.82. The molecule has 1 fully saturated rings. The lowest BCUT2D eigenvalue weighted by Crippen LogP contribution is -2.49. The van der Waals surface area contributed by atoms with Gasteiger partial charge in [0.15, 0.2) is 0 Å². The first-order valence-electron chi connectivity index (χ1n) is 7.16. The van der Waals surface area contributed by atoms with Crippen LogP contribution in [0.2, 0.25) is 0 Å². The number of hydrogen-bond acceptors (Lipinski definition) is 4. The van der Waals surface area contributed by atoms with Gasteiger partial charge < -0.3 is 10.1 Å². The van der Waals surface area contributed by atoms with Crippen LogP contribution in [0.1, 0.15) is 32.5 Å². The molecule has 1 saturated heterocycles. The molecule has 1 N–H and O–H groups in total. The van der Waals surface area contributed by atoms with E-state index in [0.29, 0.717) is 6.04 Å². The molecule has 2 unspecified atom stereocenters. The number of nitrogens with one attached hydrogen (secondary N) is 1. The van der Waals surface area contributed by atoms with Crippen molar-refractivity contribution in [3.05, 3.63) is 30.1 Å². The second-order valence-corrected chi connectivity index (χ2v) is 5.47. The van der Waals surface area contributed by atoms with E-state index in [1.807, 2.05) is 18.3 Å². The molecule has 4 heteroatoms. The van der Waals surface area contributed by atoms with Crippen molar-refractivity contribution in [3.63, 3.8) is 0 Å². The van der Waals surface area contributed by atoms with E-state index in [1.54, 1.807) is 0 Å². The molecule has 1 aliphatic rings. The average Bonchev–Trinajstić information content (AvgIpc) is 2.46. The Morgan fingerprint density at radius 3 is 2.95 bits per heavy atom. The van der Waals surface area contributed by atoms with Gasteiger partial charge in [-0.1, -0.05) is 6.07 Å². The van der Waals surface area contributed by atoms with Crippen LogP contribution in [0.25, 0.3) is 0 Å². The summed E-state index contributed by atoms with van der Waals surface area (Å²) in [6.07, 6.45) is 2.12. The van der Waals surface area contributed by atoms with Gasteiger partial charge in [0.05, 0.1) is 18.4 Å². The van der Waals surface area contributed by atoms with Crippen molar-refractivity contribution in [2.24, 2.45) is 0 Å². The topological polar surface area (TPSA) is 37.4 Å². The first-order valence-corrected chi connectivity index (χ1v) is 7.16. The lowest BCUT2D eigenvalue weighted by Gasteiger charge is -2.36. The van der Waals surface area contributed by atoms with Crippen molar-refractivity contribution in [1.29, 1.82) is 0 Å². The molecule has 0 bridgehead atoms. The molecule has 0 aliphatic carbocycles. The summed E-state index contributed by atoms with van der Waals surface area (Å²) in [5.41, 5.74) is 1.08. The van der Waals surface area contributed by atoms with Crippen LogP contribution >= 0.6 is 0 Å². The van der Waals surface area contributed by atoms with E-state index in [2.05, 4.69) is 42.0 Å². The van der Waals surface area contributed by atoms with Gasteiger partial charge in [0, 0.05) is 37.9 Å². The fourth-order valence-corrected chi connectivity index (χ4v) is 2.38. The Balaban J connectivity index is 1.79. The van der Waals surface area contributed by atoms with Crippen LogP contribution < -0.4 is 5.32 Å². The number of pyridine rings is 1. The van der Waals surface area contributed by atoms with Gasteiger partial charge in [-0.2, -0.15) is 0 Å². The SMILES string of the molecule is CC(NCC1CN(C(C)C)CCO1)c1ccccn1. The largest absolute Gasteiger partial charge is 0.374 e. The lowest BCUT2D eigenvalue weighted by molar-refractivity contribution is -0.0380. The summed E-state index contributed by atoms with van der Waals surface area (Å²) in [6.45, 7) is 10.4. The molecule has 106 valence electrons. The molecule has 1 aromatic rings. The van der Waals surface area contributed by atoms with E-state index in [1.165, 1.54) is 0 Å². The fourth-order valence-electron chi connectivity index (χ4n) is 2.38. The average molecular weight is 263 g/mol. The fraction of sp³-hybridized carbons (Fsp3) is 0.667. The Labute approximate surface area is 116 Å². The standard InChI is InChI=1S/C15H25N3O/c1-12(2)18-8-9-19-14(11-18)10-17-13(3)15-6-4-5-7-16-15/h4-7,12-14,17H,8-11H2,1-3H3. The number of rotatable bonds is 5. The van der Waals surface area contributed by atoms with Crippen molar-refractivity contribution < 1.29 is 4.74 Å². The minimum atomic E-state index is 0.263. The number of hydrogen-bond donors (Lipinski definition) is 1. The highest BCUT2D eigenvalue weighted by molar-refractivity contribution is 5.07. The molecule has 1 aliphatic heterocycles. The predicted molar refractivity (Wildman–Crippen MR) is 77.1 cm³/mol. The summed E-state index contributed by atoms with van der Waals surface area (Å²) in [7, 11) is 0. The molecule has 2 rings (SSSR count). The Bertz CT molecular complexity index is 369. The molecule has 0 saturated carbocycles. The molecule has 0 aromatic carbocycles. The summed E-state index contributed by atoms with van der Waals surface area (Å²) in [5.74, 6) is 0. The number of ether oxygens (including phenoxy) is 1. The first kappa shape index (κ1) is 14.4. The van der Waals surface area contributed by atoms with Gasteiger partial charge >= 0.3 is 0 Å². The van der Waals surface area contributed by atoms with Crippen molar-refractivity contribution in [3.8, 4) is 0 Å². The minimum absolute atomic E-state index is 0.263. The van der Waals surface area contributed by atoms with E-state index < -0.39 is 0 Å². The Morgan fingerprint density at radius 1 is 1.42 bits per heavy atom. The first-order chi connectivity index (χ1) is 9.16. The van der Waals surface area contributed by atoms with Crippen molar-refractivity contribution in [2.45, 2.75) is 39.0 Å². The van der Waals surface area contributed by atoms with E-state index in [0.717, 1.165) is 31.9 Å². The quantitative estimate of drug-likeness (QED) is 0.879. The lowest BCUT2D eigenvalue weighted by atomic mass is 10.2. The third-order valence-electron chi connectivity index (χ3n) is 3.68. The summed E-state index contributed by atoms with van der Waals surface area (Å²) >= 11 is 0. The Morgan fingerprint density at radius 2 is 2.26 bits per heavy atom. The van der Waals surface area contributed by atoms with Crippen LogP contribution in [-0.4, -0.2) is 48.3 Å². The van der Waals surface area contributed by atoms with Crippen molar-refractivity contribution >= 4 is 0 Å². The van der Waals surface area contributed by atoms with E-state index in [-0.39, 0.29) is 12.1 Å². The summed E-state index contributed by atoms with van der Waals surface area (Å²) in [4.78, 5) is 6.85. The molecule has 4 nitrogen and oxygen atoms in total. The second kappa shape index (κ2) is 6.98.